The van der Waals surface area contributed by atoms with E-state index in [1.807, 2.05) is 23.7 Å². The lowest BCUT2D eigenvalue weighted by Gasteiger charge is -2.25. The molecule has 1 aromatic carbocycles. The third-order valence-corrected chi connectivity index (χ3v) is 4.43. The van der Waals surface area contributed by atoms with E-state index in [-0.39, 0.29) is 10.7 Å². The summed E-state index contributed by atoms with van der Waals surface area (Å²) in [6.07, 6.45) is 1.06. The van der Waals surface area contributed by atoms with E-state index < -0.39 is 4.92 Å². The van der Waals surface area contributed by atoms with E-state index in [0.29, 0.717) is 11.7 Å². The second-order valence-corrected chi connectivity index (χ2v) is 5.55. The van der Waals surface area contributed by atoms with Gasteiger partial charge in [-0.25, -0.2) is 0 Å². The van der Waals surface area contributed by atoms with Crippen molar-refractivity contribution in [2.45, 2.75) is 12.5 Å². The Kier molecular flexibility index (Phi) is 3.79. The number of nitro benzene ring substituents is 1. The number of nitrogens with zero attached hydrogens (tertiary/aromatic N) is 2. The number of hydrogen-bond donors (Lipinski definition) is 0. The minimum absolute atomic E-state index is 0.00793. The van der Waals surface area contributed by atoms with Crippen molar-refractivity contribution >= 4 is 34.7 Å². The maximum Gasteiger partial charge on any atom is 0.310 e. The summed E-state index contributed by atoms with van der Waals surface area (Å²) in [4.78, 5) is 12.6. The lowest BCUT2D eigenvalue weighted by molar-refractivity contribution is -0.384. The van der Waals surface area contributed by atoms with Crippen molar-refractivity contribution in [1.82, 2.24) is 0 Å². The summed E-state index contributed by atoms with van der Waals surface area (Å²) >= 11 is 7.78. The van der Waals surface area contributed by atoms with E-state index in [1.54, 1.807) is 18.2 Å². The van der Waals surface area contributed by atoms with Crippen LogP contribution >= 0.6 is 23.4 Å². The fourth-order valence-electron chi connectivity index (χ4n) is 1.99. The van der Waals surface area contributed by atoms with Crippen molar-refractivity contribution in [3.8, 4) is 0 Å². The van der Waals surface area contributed by atoms with Crippen molar-refractivity contribution < 1.29 is 4.92 Å². The fourth-order valence-corrected chi connectivity index (χ4v) is 3.50. The highest BCUT2D eigenvalue weighted by molar-refractivity contribution is 7.99. The first kappa shape index (κ1) is 12.5. The predicted molar refractivity (Wildman–Crippen MR) is 72.2 cm³/mol. The van der Waals surface area contributed by atoms with Crippen LogP contribution in [0.5, 0.6) is 0 Å². The van der Waals surface area contributed by atoms with Crippen LogP contribution in [-0.4, -0.2) is 29.5 Å². The summed E-state index contributed by atoms with van der Waals surface area (Å²) in [5.74, 6) is 2.13. The molecule has 4 nitrogen and oxygen atoms in total. The summed E-state index contributed by atoms with van der Waals surface area (Å²) in [5, 5.41) is 11.3. The minimum Gasteiger partial charge on any atom is -0.365 e. The molecule has 0 amide bonds. The Labute approximate surface area is 109 Å². The quantitative estimate of drug-likeness (QED) is 0.626. The van der Waals surface area contributed by atoms with E-state index in [0.717, 1.165) is 17.9 Å². The molecule has 92 valence electrons. The predicted octanol–water partition coefficient (Wildman–Crippen LogP) is 3.19. The Morgan fingerprint density at radius 1 is 1.59 bits per heavy atom. The van der Waals surface area contributed by atoms with Gasteiger partial charge in [-0.3, -0.25) is 10.1 Å². The highest BCUT2D eigenvalue weighted by atomic mass is 35.5. The molecule has 1 heterocycles. The molecule has 0 radical (unpaired) electrons. The monoisotopic (exact) mass is 272 g/mol. The van der Waals surface area contributed by atoms with Crippen LogP contribution in [0.1, 0.15) is 6.42 Å². The molecule has 1 aliphatic heterocycles. The summed E-state index contributed by atoms with van der Waals surface area (Å²) in [5.41, 5.74) is 0.614. The molecule has 17 heavy (non-hydrogen) atoms. The molecule has 6 heteroatoms. The third kappa shape index (κ3) is 2.50. The van der Waals surface area contributed by atoms with Gasteiger partial charge in [0.15, 0.2) is 0 Å². The van der Waals surface area contributed by atoms with E-state index >= 15 is 0 Å². The molecule has 1 atom stereocenters. The molecule has 0 N–H and O–H groups in total. The highest BCUT2D eigenvalue weighted by Crippen LogP contribution is 2.37. The van der Waals surface area contributed by atoms with Gasteiger partial charge in [-0.2, -0.15) is 11.8 Å². The molecule has 1 fully saturated rings. The molecule has 0 aromatic heterocycles. The normalized spacial score (nSPS) is 19.3. The standard InChI is InChI=1S/C11H13ClN2O2S/c1-13(8-5-6-17-7-8)10-4-2-3-9(12)11(10)14(15)16/h2-4,8H,5-7H2,1H3. The summed E-state index contributed by atoms with van der Waals surface area (Å²) in [7, 11) is 1.90. The van der Waals surface area contributed by atoms with Crippen molar-refractivity contribution in [2.24, 2.45) is 0 Å². The van der Waals surface area contributed by atoms with Gasteiger partial charge >= 0.3 is 5.69 Å². The Morgan fingerprint density at radius 2 is 2.35 bits per heavy atom. The van der Waals surface area contributed by atoms with Crippen LogP contribution in [0.4, 0.5) is 11.4 Å². The van der Waals surface area contributed by atoms with Crippen molar-refractivity contribution in [2.75, 3.05) is 23.5 Å². The van der Waals surface area contributed by atoms with Gasteiger partial charge in [0, 0.05) is 18.8 Å². The number of rotatable bonds is 3. The smallest absolute Gasteiger partial charge is 0.310 e. The molecule has 1 unspecified atom stereocenters. The van der Waals surface area contributed by atoms with Gasteiger partial charge < -0.3 is 4.90 Å². The van der Waals surface area contributed by atoms with Crippen LogP contribution in [-0.2, 0) is 0 Å². The van der Waals surface area contributed by atoms with Crippen LogP contribution in [0.15, 0.2) is 18.2 Å². The molecule has 1 aliphatic rings. The average molecular weight is 273 g/mol. The molecule has 0 spiro atoms. The van der Waals surface area contributed by atoms with Crippen molar-refractivity contribution in [3.63, 3.8) is 0 Å². The number of anilines is 1. The van der Waals surface area contributed by atoms with Gasteiger partial charge in [0.1, 0.15) is 10.7 Å². The molecular formula is C11H13ClN2O2S. The SMILES string of the molecule is CN(c1cccc(Cl)c1[N+](=O)[O-])C1CCSC1. The Hall–Kier alpha value is -0.940. The van der Waals surface area contributed by atoms with Gasteiger partial charge in [-0.15, -0.1) is 0 Å². The third-order valence-electron chi connectivity index (χ3n) is 2.98. The first-order valence-corrected chi connectivity index (χ1v) is 6.88. The number of nitro groups is 1. The Bertz CT molecular complexity index is 435. The first-order valence-electron chi connectivity index (χ1n) is 5.34. The summed E-state index contributed by atoms with van der Waals surface area (Å²) in [6.45, 7) is 0. The van der Waals surface area contributed by atoms with E-state index in [9.17, 15) is 10.1 Å². The van der Waals surface area contributed by atoms with Gasteiger partial charge in [-0.05, 0) is 24.3 Å². The lowest BCUT2D eigenvalue weighted by atomic mass is 10.2. The molecule has 1 aromatic rings. The minimum atomic E-state index is -0.406. The van der Waals surface area contributed by atoms with E-state index in [1.165, 1.54) is 0 Å². The van der Waals surface area contributed by atoms with Crippen LogP contribution in [0.3, 0.4) is 0 Å². The van der Waals surface area contributed by atoms with Crippen molar-refractivity contribution in [3.05, 3.63) is 33.3 Å². The Balaban J connectivity index is 2.36. The van der Waals surface area contributed by atoms with E-state index in [4.69, 9.17) is 11.6 Å². The average Bonchev–Trinajstić information content (AvgIpc) is 2.80. The van der Waals surface area contributed by atoms with E-state index in [2.05, 4.69) is 0 Å². The topological polar surface area (TPSA) is 46.4 Å². The fraction of sp³-hybridized carbons (Fsp3) is 0.455. The van der Waals surface area contributed by atoms with Crippen LogP contribution < -0.4 is 4.90 Å². The van der Waals surface area contributed by atoms with Gasteiger partial charge in [0.05, 0.1) is 4.92 Å². The molecule has 0 bridgehead atoms. The number of halogens is 1. The first-order chi connectivity index (χ1) is 8.11. The Morgan fingerprint density at radius 3 is 2.94 bits per heavy atom. The maximum absolute atomic E-state index is 11.1. The number of hydrogen-bond acceptors (Lipinski definition) is 4. The van der Waals surface area contributed by atoms with Crippen LogP contribution in [0, 0.1) is 10.1 Å². The zero-order chi connectivity index (χ0) is 12.4. The van der Waals surface area contributed by atoms with Gasteiger partial charge in [0.2, 0.25) is 0 Å². The maximum atomic E-state index is 11.1. The largest absolute Gasteiger partial charge is 0.365 e. The zero-order valence-corrected chi connectivity index (χ0v) is 11.0. The zero-order valence-electron chi connectivity index (χ0n) is 9.43. The molecule has 0 saturated carbocycles. The highest BCUT2D eigenvalue weighted by Gasteiger charge is 2.27. The molecule has 2 rings (SSSR count). The second kappa shape index (κ2) is 5.14. The number of para-hydroxylation sites is 1. The lowest BCUT2D eigenvalue weighted by Crippen LogP contribution is -2.31. The van der Waals surface area contributed by atoms with Gasteiger partial charge in [-0.1, -0.05) is 17.7 Å². The van der Waals surface area contributed by atoms with Crippen LogP contribution in [0.25, 0.3) is 0 Å². The summed E-state index contributed by atoms with van der Waals surface area (Å²) in [6, 6.07) is 5.42. The summed E-state index contributed by atoms with van der Waals surface area (Å²) < 4.78 is 0. The molecule has 1 saturated heterocycles. The second-order valence-electron chi connectivity index (χ2n) is 3.99. The molecular weight excluding hydrogens is 260 g/mol. The number of benzene rings is 1. The van der Waals surface area contributed by atoms with Crippen LogP contribution in [0.2, 0.25) is 5.02 Å². The molecule has 0 aliphatic carbocycles. The van der Waals surface area contributed by atoms with Gasteiger partial charge in [0.25, 0.3) is 0 Å². The number of thioether (sulfide) groups is 1. The van der Waals surface area contributed by atoms with Crippen molar-refractivity contribution in [1.29, 1.82) is 0 Å².